The lowest BCUT2D eigenvalue weighted by Crippen LogP contribution is -2.25. The second kappa shape index (κ2) is 7.09. The number of nitrogens with one attached hydrogen (secondary N) is 1. The standard InChI is InChI=1S/C20H20N2O4/c1-22(2)11-5-10-21-17-15(20(25)26)9-8-14-16(17)19(24)13-7-4-3-6-12(13)18(14)23/h3-4,6-9,21H,5,10-11H2,1-2H3,(H,25,26). The molecule has 6 nitrogen and oxygen atoms in total. The summed E-state index contributed by atoms with van der Waals surface area (Å²) in [4.78, 5) is 39.4. The van der Waals surface area contributed by atoms with Crippen LogP contribution in [-0.4, -0.2) is 54.7 Å². The van der Waals surface area contributed by atoms with Gasteiger partial charge in [0, 0.05) is 23.2 Å². The molecule has 2 aromatic carbocycles. The number of carboxylic acid groups (broad SMARTS) is 1. The SMILES string of the molecule is CN(C)CCCNc1c(C(=O)O)ccc2c1C(=O)c1ccccc1C2=O. The highest BCUT2D eigenvalue weighted by molar-refractivity contribution is 6.31. The van der Waals surface area contributed by atoms with Crippen LogP contribution in [0.5, 0.6) is 0 Å². The molecule has 1 aliphatic carbocycles. The van der Waals surface area contributed by atoms with Crippen molar-refractivity contribution in [3.05, 3.63) is 64.2 Å². The molecule has 0 spiro atoms. The largest absolute Gasteiger partial charge is 0.478 e. The van der Waals surface area contributed by atoms with Crippen LogP contribution in [0.3, 0.4) is 0 Å². The van der Waals surface area contributed by atoms with Gasteiger partial charge in [0.05, 0.1) is 16.8 Å². The molecular formula is C20H20N2O4. The molecule has 134 valence electrons. The van der Waals surface area contributed by atoms with Crippen LogP contribution in [-0.2, 0) is 0 Å². The van der Waals surface area contributed by atoms with Crippen molar-refractivity contribution in [2.75, 3.05) is 32.5 Å². The number of nitrogens with zero attached hydrogens (tertiary/aromatic N) is 1. The zero-order chi connectivity index (χ0) is 18.8. The molecule has 0 saturated carbocycles. The molecule has 2 N–H and O–H groups in total. The third-order valence-electron chi connectivity index (χ3n) is 4.41. The number of rotatable bonds is 6. The summed E-state index contributed by atoms with van der Waals surface area (Å²) in [6.45, 7) is 1.32. The van der Waals surface area contributed by atoms with Crippen molar-refractivity contribution in [1.29, 1.82) is 0 Å². The molecule has 0 aromatic heterocycles. The Bertz CT molecular complexity index is 903. The van der Waals surface area contributed by atoms with Crippen molar-refractivity contribution < 1.29 is 19.5 Å². The first kappa shape index (κ1) is 17.8. The summed E-state index contributed by atoms with van der Waals surface area (Å²) in [6, 6.07) is 9.44. The summed E-state index contributed by atoms with van der Waals surface area (Å²) in [5.74, 6) is -1.72. The Morgan fingerprint density at radius 3 is 2.27 bits per heavy atom. The Kier molecular flexibility index (Phi) is 4.86. The first-order chi connectivity index (χ1) is 12.4. The van der Waals surface area contributed by atoms with Crippen LogP contribution in [0, 0.1) is 0 Å². The molecule has 26 heavy (non-hydrogen) atoms. The molecule has 0 radical (unpaired) electrons. The zero-order valence-electron chi connectivity index (χ0n) is 14.7. The zero-order valence-corrected chi connectivity index (χ0v) is 14.7. The minimum Gasteiger partial charge on any atom is -0.478 e. The number of carbonyl (C=O) groups excluding carboxylic acids is 2. The van der Waals surface area contributed by atoms with Gasteiger partial charge in [-0.15, -0.1) is 0 Å². The topological polar surface area (TPSA) is 86.7 Å². The molecule has 0 heterocycles. The smallest absolute Gasteiger partial charge is 0.337 e. The maximum absolute atomic E-state index is 13.0. The summed E-state index contributed by atoms with van der Waals surface area (Å²) in [5.41, 5.74) is 1.28. The van der Waals surface area contributed by atoms with E-state index in [2.05, 4.69) is 5.32 Å². The molecule has 0 fully saturated rings. The van der Waals surface area contributed by atoms with Gasteiger partial charge in [-0.05, 0) is 39.2 Å². The number of ketones is 2. The first-order valence-corrected chi connectivity index (χ1v) is 8.39. The van der Waals surface area contributed by atoms with Gasteiger partial charge in [-0.1, -0.05) is 24.3 Å². The lowest BCUT2D eigenvalue weighted by molar-refractivity contribution is 0.0697. The second-order valence-corrected chi connectivity index (χ2v) is 6.50. The lowest BCUT2D eigenvalue weighted by atomic mass is 9.82. The van der Waals surface area contributed by atoms with Crippen LogP contribution in [0.4, 0.5) is 5.69 Å². The van der Waals surface area contributed by atoms with Gasteiger partial charge < -0.3 is 15.3 Å². The number of anilines is 1. The fourth-order valence-electron chi connectivity index (χ4n) is 3.16. The van der Waals surface area contributed by atoms with E-state index in [4.69, 9.17) is 0 Å². The molecule has 0 atom stereocenters. The minimum atomic E-state index is -1.14. The van der Waals surface area contributed by atoms with Gasteiger partial charge in [0.1, 0.15) is 0 Å². The fourth-order valence-corrected chi connectivity index (χ4v) is 3.16. The first-order valence-electron chi connectivity index (χ1n) is 8.39. The second-order valence-electron chi connectivity index (χ2n) is 6.50. The monoisotopic (exact) mass is 352 g/mol. The highest BCUT2D eigenvalue weighted by Crippen LogP contribution is 2.34. The van der Waals surface area contributed by atoms with Gasteiger partial charge in [0.15, 0.2) is 11.6 Å². The third kappa shape index (κ3) is 3.11. The van der Waals surface area contributed by atoms with E-state index in [0.717, 1.165) is 13.0 Å². The number of carboxylic acids is 1. The summed E-state index contributed by atoms with van der Waals surface area (Å²) < 4.78 is 0. The maximum atomic E-state index is 13.0. The minimum absolute atomic E-state index is 0.00543. The Morgan fingerprint density at radius 1 is 1.00 bits per heavy atom. The Hall–Kier alpha value is -2.99. The van der Waals surface area contributed by atoms with E-state index in [1.54, 1.807) is 24.3 Å². The van der Waals surface area contributed by atoms with Crippen molar-refractivity contribution in [2.45, 2.75) is 6.42 Å². The number of benzene rings is 2. The van der Waals surface area contributed by atoms with E-state index in [9.17, 15) is 19.5 Å². The molecule has 0 unspecified atom stereocenters. The summed E-state index contributed by atoms with van der Waals surface area (Å²) in [7, 11) is 3.90. The number of fused-ring (bicyclic) bond motifs is 2. The molecule has 1 aliphatic rings. The molecule has 3 rings (SSSR count). The molecule has 0 bridgehead atoms. The van der Waals surface area contributed by atoms with Gasteiger partial charge in [-0.25, -0.2) is 4.79 Å². The average molecular weight is 352 g/mol. The predicted octanol–water partition coefficient (Wildman–Crippen LogP) is 2.52. The average Bonchev–Trinajstić information content (AvgIpc) is 2.62. The van der Waals surface area contributed by atoms with Crippen LogP contribution < -0.4 is 5.32 Å². The van der Waals surface area contributed by atoms with Crippen molar-refractivity contribution in [3.63, 3.8) is 0 Å². The number of hydrogen-bond acceptors (Lipinski definition) is 5. The number of hydrogen-bond donors (Lipinski definition) is 2. The Labute approximate surface area is 151 Å². The third-order valence-corrected chi connectivity index (χ3v) is 4.41. The van der Waals surface area contributed by atoms with E-state index < -0.39 is 5.97 Å². The quantitative estimate of drug-likeness (QED) is 0.663. The molecule has 6 heteroatoms. The van der Waals surface area contributed by atoms with Crippen LogP contribution in [0.15, 0.2) is 36.4 Å². The van der Waals surface area contributed by atoms with E-state index in [1.807, 2.05) is 19.0 Å². The van der Waals surface area contributed by atoms with E-state index in [-0.39, 0.29) is 33.9 Å². The van der Waals surface area contributed by atoms with E-state index in [0.29, 0.717) is 17.7 Å². The van der Waals surface area contributed by atoms with Crippen molar-refractivity contribution in [3.8, 4) is 0 Å². The molecule has 2 aromatic rings. The van der Waals surface area contributed by atoms with Crippen LogP contribution in [0.1, 0.15) is 48.6 Å². The van der Waals surface area contributed by atoms with Gasteiger partial charge in [0.25, 0.3) is 0 Å². The predicted molar refractivity (Wildman–Crippen MR) is 98.4 cm³/mol. The highest BCUT2D eigenvalue weighted by atomic mass is 16.4. The summed E-state index contributed by atoms with van der Waals surface area (Å²) in [6.07, 6.45) is 0.772. The van der Waals surface area contributed by atoms with Crippen molar-refractivity contribution >= 4 is 23.2 Å². The maximum Gasteiger partial charge on any atom is 0.337 e. The number of carbonyl (C=O) groups is 3. The molecule has 0 amide bonds. The van der Waals surface area contributed by atoms with E-state index in [1.165, 1.54) is 12.1 Å². The van der Waals surface area contributed by atoms with Gasteiger partial charge in [-0.2, -0.15) is 0 Å². The van der Waals surface area contributed by atoms with Crippen LogP contribution >= 0.6 is 0 Å². The molecular weight excluding hydrogens is 332 g/mol. The van der Waals surface area contributed by atoms with Gasteiger partial charge in [-0.3, -0.25) is 9.59 Å². The molecule has 0 saturated heterocycles. The van der Waals surface area contributed by atoms with Crippen molar-refractivity contribution in [2.24, 2.45) is 0 Å². The fraction of sp³-hybridized carbons (Fsp3) is 0.250. The van der Waals surface area contributed by atoms with Gasteiger partial charge >= 0.3 is 5.97 Å². The summed E-state index contributed by atoms with van der Waals surface area (Å²) in [5, 5.41) is 12.6. The van der Waals surface area contributed by atoms with Crippen molar-refractivity contribution in [1.82, 2.24) is 4.90 Å². The highest BCUT2D eigenvalue weighted by Gasteiger charge is 2.33. The lowest BCUT2D eigenvalue weighted by Gasteiger charge is -2.22. The number of aromatic carboxylic acids is 1. The van der Waals surface area contributed by atoms with Crippen LogP contribution in [0.2, 0.25) is 0 Å². The Balaban J connectivity index is 2.07. The normalized spacial score (nSPS) is 12.7. The molecule has 0 aliphatic heterocycles. The van der Waals surface area contributed by atoms with Crippen LogP contribution in [0.25, 0.3) is 0 Å². The Morgan fingerprint density at radius 2 is 1.65 bits per heavy atom. The van der Waals surface area contributed by atoms with Gasteiger partial charge in [0.2, 0.25) is 0 Å². The summed E-state index contributed by atoms with van der Waals surface area (Å²) >= 11 is 0. The van der Waals surface area contributed by atoms with E-state index >= 15 is 0 Å².